The molecule has 0 bridgehead atoms. The van der Waals surface area contributed by atoms with E-state index in [1.54, 1.807) is 33.8 Å². The van der Waals surface area contributed by atoms with Crippen molar-refractivity contribution in [1.82, 2.24) is 14.5 Å². The largest absolute Gasteiger partial charge is 0.289 e. The molecule has 9 heteroatoms. The zero-order valence-electron chi connectivity index (χ0n) is 18.7. The van der Waals surface area contributed by atoms with Crippen molar-refractivity contribution in [2.45, 2.75) is 38.2 Å². The quantitative estimate of drug-likeness (QED) is 0.177. The van der Waals surface area contributed by atoms with Crippen LogP contribution >= 0.6 is 34.4 Å². The van der Waals surface area contributed by atoms with Crippen LogP contribution in [0.1, 0.15) is 25.1 Å². The zero-order chi connectivity index (χ0) is 23.5. The van der Waals surface area contributed by atoms with E-state index in [1.165, 1.54) is 23.1 Å². The molecular weight excluding hydrogens is 472 g/mol. The van der Waals surface area contributed by atoms with Crippen LogP contribution in [0.3, 0.4) is 0 Å². The van der Waals surface area contributed by atoms with E-state index in [4.69, 9.17) is 4.98 Å². The fourth-order valence-corrected chi connectivity index (χ4v) is 6.75. The van der Waals surface area contributed by atoms with E-state index in [1.807, 2.05) is 37.4 Å². The highest BCUT2D eigenvalue weighted by Crippen LogP contribution is 2.37. The predicted octanol–water partition coefficient (Wildman–Crippen LogP) is 5.74. The molecule has 3 heterocycles. The number of carbonyl (C=O) groups excluding carboxylic acids is 1. The molecule has 4 rings (SSSR count). The highest BCUT2D eigenvalue weighted by molar-refractivity contribution is 7.98. The first-order valence-corrected chi connectivity index (χ1v) is 13.2. The maximum absolute atomic E-state index is 13.4. The van der Waals surface area contributed by atoms with Crippen molar-refractivity contribution in [3.05, 3.63) is 70.0 Å². The summed E-state index contributed by atoms with van der Waals surface area (Å²) in [6.45, 7) is 10.2. The number of rotatable bonds is 8. The molecule has 0 aliphatic carbocycles. The number of thiazole rings is 1. The maximum atomic E-state index is 13.4. The lowest BCUT2D eigenvalue weighted by atomic mass is 10.1. The van der Waals surface area contributed by atoms with Gasteiger partial charge in [-0.2, -0.15) is 0 Å². The van der Waals surface area contributed by atoms with Crippen molar-refractivity contribution < 1.29 is 4.79 Å². The van der Waals surface area contributed by atoms with Crippen molar-refractivity contribution in [2.75, 3.05) is 11.4 Å². The number of thiophene rings is 1. The Balaban J connectivity index is 1.70. The zero-order valence-corrected chi connectivity index (χ0v) is 21.1. The molecule has 0 aliphatic rings. The van der Waals surface area contributed by atoms with Gasteiger partial charge in [0.1, 0.15) is 4.83 Å². The summed E-state index contributed by atoms with van der Waals surface area (Å²) >= 11 is 4.47. The summed E-state index contributed by atoms with van der Waals surface area (Å²) in [7, 11) is 0. The Hall–Kier alpha value is -2.75. The second-order valence-electron chi connectivity index (χ2n) is 7.37. The number of hydrogen-bond acceptors (Lipinski definition) is 7. The van der Waals surface area contributed by atoms with E-state index < -0.39 is 0 Å². The number of thioether (sulfide) groups is 1. The fraction of sp³-hybridized carbons (Fsp3) is 0.250. The Bertz CT molecular complexity index is 1370. The lowest BCUT2D eigenvalue weighted by Gasteiger charge is -2.14. The number of hydrogen-bond donors (Lipinski definition) is 0. The molecule has 1 aromatic carbocycles. The van der Waals surface area contributed by atoms with Crippen LogP contribution in [0.5, 0.6) is 0 Å². The average molecular weight is 497 g/mol. The third kappa shape index (κ3) is 4.66. The summed E-state index contributed by atoms with van der Waals surface area (Å²) < 4.78 is 1.68. The highest BCUT2D eigenvalue weighted by Gasteiger charge is 2.19. The number of carbonyl (C=O) groups is 1. The molecule has 33 heavy (non-hydrogen) atoms. The minimum absolute atomic E-state index is 0.0275. The van der Waals surface area contributed by atoms with Crippen LogP contribution in [-0.2, 0) is 17.1 Å². The van der Waals surface area contributed by atoms with Gasteiger partial charge in [0, 0.05) is 36.0 Å². The van der Waals surface area contributed by atoms with Crippen molar-refractivity contribution in [1.29, 1.82) is 0 Å². The van der Waals surface area contributed by atoms with E-state index in [-0.39, 0.29) is 11.5 Å². The van der Waals surface area contributed by atoms with E-state index in [9.17, 15) is 9.59 Å². The maximum Gasteiger partial charge on any atom is 0.263 e. The Morgan fingerprint density at radius 3 is 2.70 bits per heavy atom. The molecule has 3 aromatic heterocycles. The van der Waals surface area contributed by atoms with Gasteiger partial charge in [-0.05, 0) is 25.0 Å². The summed E-state index contributed by atoms with van der Waals surface area (Å²) in [5, 5.41) is 3.95. The highest BCUT2D eigenvalue weighted by atomic mass is 32.2. The number of nitrogens with zero attached hydrogens (tertiary/aromatic N) is 4. The number of allylic oxidation sites excluding steroid dienone is 1. The monoisotopic (exact) mass is 496 g/mol. The van der Waals surface area contributed by atoms with Gasteiger partial charge in [-0.3, -0.25) is 19.1 Å². The van der Waals surface area contributed by atoms with Crippen molar-refractivity contribution in [2.24, 2.45) is 0 Å². The molecule has 6 nitrogen and oxygen atoms in total. The fourth-order valence-electron chi connectivity index (χ4n) is 3.58. The molecular formula is C24H24N4O2S3. The first-order valence-electron chi connectivity index (χ1n) is 10.5. The second kappa shape index (κ2) is 10.0. The Morgan fingerprint density at radius 1 is 1.27 bits per heavy atom. The van der Waals surface area contributed by atoms with Gasteiger partial charge < -0.3 is 0 Å². The van der Waals surface area contributed by atoms with Crippen molar-refractivity contribution in [3.8, 4) is 10.4 Å². The van der Waals surface area contributed by atoms with Gasteiger partial charge in [0.25, 0.3) is 5.56 Å². The molecule has 4 aromatic rings. The normalized spacial score (nSPS) is 11.1. The Morgan fingerprint density at radius 2 is 2.03 bits per heavy atom. The molecule has 0 fully saturated rings. The van der Waals surface area contributed by atoms with Gasteiger partial charge in [-0.15, -0.1) is 29.3 Å². The third-order valence-electron chi connectivity index (χ3n) is 5.18. The molecule has 170 valence electrons. The number of benzene rings is 1. The minimum Gasteiger partial charge on any atom is -0.289 e. The SMILES string of the molecule is C=CCn1c(SCc2csc(N(CC)C(C)=O)n2)nc2sc(-c3ccccc3)c(C)c2c1=O. The van der Waals surface area contributed by atoms with Gasteiger partial charge in [0.05, 0.1) is 11.1 Å². The van der Waals surface area contributed by atoms with E-state index >= 15 is 0 Å². The van der Waals surface area contributed by atoms with Crippen LogP contribution < -0.4 is 10.5 Å². The third-order valence-corrected chi connectivity index (χ3v) is 8.34. The molecule has 1 amide bonds. The predicted molar refractivity (Wildman–Crippen MR) is 140 cm³/mol. The van der Waals surface area contributed by atoms with Crippen LogP contribution in [-0.4, -0.2) is 27.0 Å². The smallest absolute Gasteiger partial charge is 0.263 e. The van der Waals surface area contributed by atoms with Crippen LogP contribution in [0.4, 0.5) is 5.13 Å². The molecule has 0 aliphatic heterocycles. The van der Waals surface area contributed by atoms with Gasteiger partial charge in [-0.1, -0.05) is 48.2 Å². The summed E-state index contributed by atoms with van der Waals surface area (Å²) in [5.74, 6) is 0.525. The number of aromatic nitrogens is 3. The van der Waals surface area contributed by atoms with Gasteiger partial charge in [0.2, 0.25) is 5.91 Å². The summed E-state index contributed by atoms with van der Waals surface area (Å²) in [5.41, 5.74) is 2.85. The number of amides is 1. The first kappa shape index (κ1) is 23.4. The average Bonchev–Trinajstić information content (AvgIpc) is 3.40. The summed E-state index contributed by atoms with van der Waals surface area (Å²) in [6, 6.07) is 10.1. The standard InChI is InChI=1S/C24H24N4O2S3/c1-5-12-28-22(30)19-15(3)20(17-10-8-7-9-11-17)33-21(19)26-24(28)32-14-18-13-31-23(25-18)27(6-2)16(4)29/h5,7-11,13H,1,6,12,14H2,2-4H3. The topological polar surface area (TPSA) is 68.1 Å². The summed E-state index contributed by atoms with van der Waals surface area (Å²) in [6.07, 6.45) is 1.71. The van der Waals surface area contributed by atoms with E-state index in [2.05, 4.69) is 23.7 Å². The van der Waals surface area contributed by atoms with E-state index in [0.717, 1.165) is 26.5 Å². The second-order valence-corrected chi connectivity index (χ2v) is 10.2. The number of anilines is 1. The molecule has 0 saturated heterocycles. The molecule has 0 spiro atoms. The van der Waals surface area contributed by atoms with Crippen LogP contribution in [0.2, 0.25) is 0 Å². The molecule has 0 radical (unpaired) electrons. The van der Waals surface area contributed by atoms with E-state index in [0.29, 0.717) is 34.5 Å². The number of fused-ring (bicyclic) bond motifs is 1. The van der Waals surface area contributed by atoms with Crippen molar-refractivity contribution in [3.63, 3.8) is 0 Å². The minimum atomic E-state index is -0.0500. The number of aryl methyl sites for hydroxylation is 1. The summed E-state index contributed by atoms with van der Waals surface area (Å²) in [4.78, 5) is 38.2. The van der Waals surface area contributed by atoms with Gasteiger partial charge in [0.15, 0.2) is 10.3 Å². The van der Waals surface area contributed by atoms with Crippen LogP contribution in [0.15, 0.2) is 58.3 Å². The van der Waals surface area contributed by atoms with Crippen LogP contribution in [0, 0.1) is 6.92 Å². The lowest BCUT2D eigenvalue weighted by molar-refractivity contribution is -0.116. The van der Waals surface area contributed by atoms with Gasteiger partial charge in [-0.25, -0.2) is 9.97 Å². The Labute approximate surface area is 204 Å². The van der Waals surface area contributed by atoms with Crippen LogP contribution in [0.25, 0.3) is 20.7 Å². The molecule has 0 N–H and O–H groups in total. The lowest BCUT2D eigenvalue weighted by Crippen LogP contribution is -2.27. The Kier molecular flexibility index (Phi) is 7.11. The molecule has 0 saturated carbocycles. The molecule has 0 atom stereocenters. The van der Waals surface area contributed by atoms with Gasteiger partial charge >= 0.3 is 0 Å². The molecule has 0 unspecified atom stereocenters. The first-order chi connectivity index (χ1) is 15.9. The van der Waals surface area contributed by atoms with Crippen molar-refractivity contribution >= 4 is 55.7 Å².